The molecule has 0 aliphatic rings. The molecule has 0 atom stereocenters. The minimum atomic E-state index is 0.750. The van der Waals surface area contributed by atoms with Crippen molar-refractivity contribution >= 4 is 11.4 Å². The molecule has 0 saturated heterocycles. The molecule has 0 fully saturated rings. The maximum atomic E-state index is 6.07. The van der Waals surface area contributed by atoms with Gasteiger partial charge in [0.1, 0.15) is 0 Å². The molecule has 2 nitrogen and oxygen atoms in total. The van der Waals surface area contributed by atoms with Gasteiger partial charge in [-0.25, -0.2) is 0 Å². The highest BCUT2D eigenvalue weighted by atomic mass is 14.6. The number of anilines is 2. The fraction of sp³-hybridized carbons (Fsp3) is 0.231. The second kappa shape index (κ2) is 4.69. The monoisotopic (exact) mass is 202 g/mol. The quantitative estimate of drug-likeness (QED) is 0.582. The van der Waals surface area contributed by atoms with E-state index in [0.717, 1.165) is 40.9 Å². The summed E-state index contributed by atoms with van der Waals surface area (Å²) >= 11 is 0. The number of allylic oxidation sites excluding steroid dienone is 2. The van der Waals surface area contributed by atoms with Crippen molar-refractivity contribution in [2.45, 2.75) is 19.8 Å². The summed E-state index contributed by atoms with van der Waals surface area (Å²) in [7, 11) is 0. The molecule has 0 aliphatic heterocycles. The molecule has 0 radical (unpaired) electrons. The molecule has 0 amide bonds. The van der Waals surface area contributed by atoms with Gasteiger partial charge in [0.25, 0.3) is 0 Å². The first kappa shape index (κ1) is 11.4. The van der Waals surface area contributed by atoms with Crippen LogP contribution in [-0.2, 0) is 12.8 Å². The van der Waals surface area contributed by atoms with Crippen LogP contribution in [0.15, 0.2) is 31.4 Å². The minimum Gasteiger partial charge on any atom is -0.398 e. The molecule has 15 heavy (non-hydrogen) atoms. The molecule has 2 heteroatoms. The van der Waals surface area contributed by atoms with Gasteiger partial charge in [0.15, 0.2) is 0 Å². The van der Waals surface area contributed by atoms with Gasteiger partial charge in [-0.3, -0.25) is 0 Å². The second-order valence-corrected chi connectivity index (χ2v) is 3.63. The molecule has 0 aromatic heterocycles. The molecular formula is C13H18N2. The van der Waals surface area contributed by atoms with E-state index in [1.807, 2.05) is 25.1 Å². The Morgan fingerprint density at radius 1 is 1.20 bits per heavy atom. The zero-order valence-electron chi connectivity index (χ0n) is 9.22. The van der Waals surface area contributed by atoms with Gasteiger partial charge < -0.3 is 11.5 Å². The Hall–Kier alpha value is -1.70. The van der Waals surface area contributed by atoms with Crippen molar-refractivity contribution in [3.63, 3.8) is 0 Å². The van der Waals surface area contributed by atoms with Crippen LogP contribution in [0.2, 0.25) is 0 Å². The first-order valence-electron chi connectivity index (χ1n) is 4.99. The van der Waals surface area contributed by atoms with E-state index in [2.05, 4.69) is 13.2 Å². The molecule has 0 spiro atoms. The van der Waals surface area contributed by atoms with Crippen molar-refractivity contribution in [1.29, 1.82) is 0 Å². The predicted octanol–water partition coefficient (Wildman–Crippen LogP) is 2.62. The molecule has 1 aromatic rings. The summed E-state index contributed by atoms with van der Waals surface area (Å²) < 4.78 is 0. The van der Waals surface area contributed by atoms with E-state index in [4.69, 9.17) is 11.5 Å². The molecule has 1 aromatic carbocycles. The van der Waals surface area contributed by atoms with Gasteiger partial charge in [-0.05, 0) is 42.5 Å². The van der Waals surface area contributed by atoms with Crippen LogP contribution >= 0.6 is 0 Å². The highest BCUT2D eigenvalue weighted by Gasteiger charge is 2.09. The summed E-state index contributed by atoms with van der Waals surface area (Å²) in [6.45, 7) is 9.42. The van der Waals surface area contributed by atoms with Gasteiger partial charge in [0.05, 0.1) is 0 Å². The largest absolute Gasteiger partial charge is 0.398 e. The van der Waals surface area contributed by atoms with Crippen LogP contribution in [0.5, 0.6) is 0 Å². The van der Waals surface area contributed by atoms with E-state index >= 15 is 0 Å². The molecule has 0 unspecified atom stereocenters. The summed E-state index contributed by atoms with van der Waals surface area (Å²) in [6.07, 6.45) is 5.18. The average Bonchev–Trinajstić information content (AvgIpc) is 2.21. The molecular weight excluding hydrogens is 184 g/mol. The standard InChI is InChI=1S/C13H18N2/c1-4-6-10-8-12(14)9(3)11(7-5-2)13(10)15/h4-5,8H,1-2,6-7,14-15H2,3H3. The Morgan fingerprint density at radius 2 is 1.80 bits per heavy atom. The molecule has 1 rings (SSSR count). The lowest BCUT2D eigenvalue weighted by atomic mass is 9.96. The lowest BCUT2D eigenvalue weighted by Crippen LogP contribution is -2.05. The number of rotatable bonds is 4. The highest BCUT2D eigenvalue weighted by molar-refractivity contribution is 5.66. The van der Waals surface area contributed by atoms with Crippen molar-refractivity contribution in [1.82, 2.24) is 0 Å². The lowest BCUT2D eigenvalue weighted by molar-refractivity contribution is 1.18. The molecule has 80 valence electrons. The minimum absolute atomic E-state index is 0.750. The number of hydrogen-bond acceptors (Lipinski definition) is 2. The average molecular weight is 202 g/mol. The number of nitrogens with two attached hydrogens (primary N) is 2. The van der Waals surface area contributed by atoms with Crippen LogP contribution in [0, 0.1) is 6.92 Å². The third-order valence-electron chi connectivity index (χ3n) is 2.60. The fourth-order valence-corrected chi connectivity index (χ4v) is 1.68. The number of benzene rings is 1. The van der Waals surface area contributed by atoms with E-state index in [-0.39, 0.29) is 0 Å². The topological polar surface area (TPSA) is 52.0 Å². The first-order chi connectivity index (χ1) is 7.11. The zero-order chi connectivity index (χ0) is 11.4. The Kier molecular flexibility index (Phi) is 3.56. The molecule has 0 heterocycles. The van der Waals surface area contributed by atoms with E-state index in [9.17, 15) is 0 Å². The number of hydrogen-bond donors (Lipinski definition) is 2. The lowest BCUT2D eigenvalue weighted by Gasteiger charge is -2.14. The molecule has 0 aliphatic carbocycles. The van der Waals surface area contributed by atoms with Crippen LogP contribution < -0.4 is 11.5 Å². The van der Waals surface area contributed by atoms with Crippen LogP contribution in [-0.4, -0.2) is 0 Å². The maximum absolute atomic E-state index is 6.07. The third kappa shape index (κ3) is 2.21. The highest BCUT2D eigenvalue weighted by Crippen LogP contribution is 2.28. The van der Waals surface area contributed by atoms with E-state index in [1.165, 1.54) is 0 Å². The van der Waals surface area contributed by atoms with Gasteiger partial charge in [0, 0.05) is 11.4 Å². The summed E-state index contributed by atoms with van der Waals surface area (Å²) in [5.41, 5.74) is 16.8. The summed E-state index contributed by atoms with van der Waals surface area (Å²) in [4.78, 5) is 0. The normalized spacial score (nSPS) is 9.93. The smallest absolute Gasteiger partial charge is 0.0389 e. The van der Waals surface area contributed by atoms with Crippen molar-refractivity contribution in [3.05, 3.63) is 48.1 Å². The Balaban J connectivity index is 3.33. The SMILES string of the molecule is C=CCc1cc(N)c(C)c(CC=C)c1N. The van der Waals surface area contributed by atoms with E-state index < -0.39 is 0 Å². The van der Waals surface area contributed by atoms with Crippen molar-refractivity contribution in [3.8, 4) is 0 Å². The second-order valence-electron chi connectivity index (χ2n) is 3.63. The molecule has 0 saturated carbocycles. The maximum Gasteiger partial charge on any atom is 0.0389 e. The van der Waals surface area contributed by atoms with Crippen LogP contribution in [0.1, 0.15) is 16.7 Å². The Morgan fingerprint density at radius 3 is 2.33 bits per heavy atom. The van der Waals surface area contributed by atoms with Crippen molar-refractivity contribution in [2.75, 3.05) is 11.5 Å². The van der Waals surface area contributed by atoms with Gasteiger partial charge >= 0.3 is 0 Å². The van der Waals surface area contributed by atoms with Crippen LogP contribution in [0.3, 0.4) is 0 Å². The predicted molar refractivity (Wildman–Crippen MR) is 67.8 cm³/mol. The van der Waals surface area contributed by atoms with Crippen molar-refractivity contribution < 1.29 is 0 Å². The third-order valence-corrected chi connectivity index (χ3v) is 2.60. The Bertz CT molecular complexity index is 392. The molecule has 0 bridgehead atoms. The van der Waals surface area contributed by atoms with Gasteiger partial charge in [-0.2, -0.15) is 0 Å². The van der Waals surface area contributed by atoms with Crippen molar-refractivity contribution in [2.24, 2.45) is 0 Å². The summed E-state index contributed by atoms with van der Waals surface area (Å²) in [6, 6.07) is 1.93. The first-order valence-corrected chi connectivity index (χ1v) is 4.99. The van der Waals surface area contributed by atoms with Gasteiger partial charge in [0.2, 0.25) is 0 Å². The molecule has 4 N–H and O–H groups in total. The van der Waals surface area contributed by atoms with E-state index in [0.29, 0.717) is 0 Å². The zero-order valence-corrected chi connectivity index (χ0v) is 9.22. The van der Waals surface area contributed by atoms with Crippen LogP contribution in [0.4, 0.5) is 11.4 Å². The summed E-state index contributed by atoms with van der Waals surface area (Å²) in [5, 5.41) is 0. The van der Waals surface area contributed by atoms with Crippen LogP contribution in [0.25, 0.3) is 0 Å². The van der Waals surface area contributed by atoms with Gasteiger partial charge in [-0.1, -0.05) is 12.2 Å². The van der Waals surface area contributed by atoms with Gasteiger partial charge in [-0.15, -0.1) is 13.2 Å². The fourth-order valence-electron chi connectivity index (χ4n) is 1.68. The van der Waals surface area contributed by atoms with E-state index in [1.54, 1.807) is 0 Å². The Labute approximate surface area is 91.3 Å². The number of nitrogen functional groups attached to an aromatic ring is 2. The summed E-state index contributed by atoms with van der Waals surface area (Å²) in [5.74, 6) is 0.